The molecule has 3 N–H and O–H groups in total. The summed E-state index contributed by atoms with van der Waals surface area (Å²) in [6.45, 7) is 0. The molecule has 0 radical (unpaired) electrons. The molecule has 0 amide bonds. The van der Waals surface area contributed by atoms with Gasteiger partial charge in [0, 0.05) is 11.9 Å². The third kappa shape index (κ3) is 2.05. The minimum atomic E-state index is -0.247. The van der Waals surface area contributed by atoms with E-state index in [-0.39, 0.29) is 5.69 Å². The number of nitriles is 1. The average Bonchev–Trinajstić information content (AvgIpc) is 2.79. The molecule has 0 aliphatic carbocycles. The number of aromatic amines is 2. The Bertz CT molecular complexity index is 840. The molecule has 0 bridgehead atoms. The van der Waals surface area contributed by atoms with Crippen molar-refractivity contribution in [3.05, 3.63) is 52.6 Å². The predicted octanol–water partition coefficient (Wildman–Crippen LogP) is 1.87. The van der Waals surface area contributed by atoms with Gasteiger partial charge in [0.05, 0.1) is 16.6 Å². The fourth-order valence-electron chi connectivity index (χ4n) is 1.84. The molecule has 92 valence electrons. The molecule has 0 fully saturated rings. The second-order valence-corrected chi connectivity index (χ2v) is 3.98. The van der Waals surface area contributed by atoms with E-state index in [2.05, 4.69) is 26.3 Å². The molecule has 1 aromatic carbocycles. The van der Waals surface area contributed by atoms with Crippen molar-refractivity contribution in [2.75, 3.05) is 5.32 Å². The van der Waals surface area contributed by atoms with Crippen molar-refractivity contribution >= 4 is 22.5 Å². The van der Waals surface area contributed by atoms with E-state index in [0.29, 0.717) is 16.9 Å². The molecule has 0 spiro atoms. The fraction of sp³-hybridized carbons (Fsp3) is 0. The zero-order chi connectivity index (χ0) is 13.2. The lowest BCUT2D eigenvalue weighted by atomic mass is 10.2. The van der Waals surface area contributed by atoms with Crippen molar-refractivity contribution < 1.29 is 0 Å². The summed E-state index contributed by atoms with van der Waals surface area (Å²) in [6, 6.07) is 10.8. The maximum atomic E-state index is 11.2. The number of anilines is 2. The number of nitrogens with one attached hydrogen (secondary N) is 3. The number of aromatic nitrogens is 3. The topological polar surface area (TPSA) is 97.4 Å². The van der Waals surface area contributed by atoms with Crippen LogP contribution in [0.1, 0.15) is 5.56 Å². The van der Waals surface area contributed by atoms with Crippen LogP contribution in [-0.4, -0.2) is 15.0 Å². The smallest absolute Gasteiger partial charge is 0.323 e. The first-order chi connectivity index (χ1) is 9.26. The number of nitrogens with zero attached hydrogens (tertiary/aromatic N) is 2. The SMILES string of the molecule is N#Cc1cccnc1Nc1ccc2[nH]c(=O)[nH]c2c1. The molecule has 2 aromatic heterocycles. The number of pyridine rings is 1. The standard InChI is InChI=1S/C13H9N5O/c14-7-8-2-1-5-15-12(8)16-9-3-4-10-11(6-9)18-13(19)17-10/h1-6H,(H,15,16)(H2,17,18,19). The summed E-state index contributed by atoms with van der Waals surface area (Å²) in [7, 11) is 0. The monoisotopic (exact) mass is 251 g/mol. The third-order valence-electron chi connectivity index (χ3n) is 2.71. The third-order valence-corrected chi connectivity index (χ3v) is 2.71. The minimum Gasteiger partial charge on any atom is -0.339 e. The first-order valence-corrected chi connectivity index (χ1v) is 5.60. The number of imidazole rings is 1. The van der Waals surface area contributed by atoms with Crippen molar-refractivity contribution in [1.82, 2.24) is 15.0 Å². The van der Waals surface area contributed by atoms with Gasteiger partial charge in [-0.05, 0) is 30.3 Å². The number of hydrogen-bond donors (Lipinski definition) is 3. The Morgan fingerprint density at radius 3 is 2.89 bits per heavy atom. The van der Waals surface area contributed by atoms with Crippen LogP contribution in [-0.2, 0) is 0 Å². The van der Waals surface area contributed by atoms with Crippen LogP contribution in [0.25, 0.3) is 11.0 Å². The van der Waals surface area contributed by atoms with E-state index in [9.17, 15) is 4.79 Å². The molecular formula is C13H9N5O. The van der Waals surface area contributed by atoms with Gasteiger partial charge in [-0.25, -0.2) is 9.78 Å². The molecule has 0 saturated heterocycles. The number of fused-ring (bicyclic) bond motifs is 1. The molecule has 6 nitrogen and oxygen atoms in total. The Hall–Kier alpha value is -3.07. The highest BCUT2D eigenvalue weighted by Crippen LogP contribution is 2.20. The molecule has 0 atom stereocenters. The first kappa shape index (κ1) is 11.0. The zero-order valence-corrected chi connectivity index (χ0v) is 9.77. The highest BCUT2D eigenvalue weighted by Gasteiger charge is 2.04. The summed E-state index contributed by atoms with van der Waals surface area (Å²) in [5, 5.41) is 12.0. The van der Waals surface area contributed by atoms with Crippen LogP contribution in [0.15, 0.2) is 41.3 Å². The molecular weight excluding hydrogens is 242 g/mol. The van der Waals surface area contributed by atoms with E-state index < -0.39 is 0 Å². The zero-order valence-electron chi connectivity index (χ0n) is 9.77. The van der Waals surface area contributed by atoms with Gasteiger partial charge in [-0.2, -0.15) is 5.26 Å². The summed E-state index contributed by atoms with van der Waals surface area (Å²) < 4.78 is 0. The highest BCUT2D eigenvalue weighted by molar-refractivity contribution is 5.80. The number of benzene rings is 1. The van der Waals surface area contributed by atoms with Gasteiger partial charge in [0.1, 0.15) is 11.9 Å². The van der Waals surface area contributed by atoms with Crippen molar-refractivity contribution in [3.63, 3.8) is 0 Å². The van der Waals surface area contributed by atoms with Crippen LogP contribution in [0, 0.1) is 11.3 Å². The van der Waals surface area contributed by atoms with Gasteiger partial charge in [0.25, 0.3) is 0 Å². The van der Waals surface area contributed by atoms with Crippen molar-refractivity contribution in [1.29, 1.82) is 5.26 Å². The molecule has 3 rings (SSSR count). The summed E-state index contributed by atoms with van der Waals surface area (Å²) >= 11 is 0. The van der Waals surface area contributed by atoms with Crippen LogP contribution >= 0.6 is 0 Å². The van der Waals surface area contributed by atoms with E-state index in [0.717, 1.165) is 11.2 Å². The van der Waals surface area contributed by atoms with Crippen molar-refractivity contribution in [2.45, 2.75) is 0 Å². The van der Waals surface area contributed by atoms with Gasteiger partial charge in [0.2, 0.25) is 0 Å². The second-order valence-electron chi connectivity index (χ2n) is 3.98. The largest absolute Gasteiger partial charge is 0.339 e. The van der Waals surface area contributed by atoms with Crippen LogP contribution in [0.2, 0.25) is 0 Å². The molecule has 2 heterocycles. The van der Waals surface area contributed by atoms with Gasteiger partial charge >= 0.3 is 5.69 Å². The molecule has 0 unspecified atom stereocenters. The number of hydrogen-bond acceptors (Lipinski definition) is 4. The summed E-state index contributed by atoms with van der Waals surface area (Å²) in [4.78, 5) is 20.6. The van der Waals surface area contributed by atoms with Crippen LogP contribution in [0.4, 0.5) is 11.5 Å². The lowest BCUT2D eigenvalue weighted by Gasteiger charge is -2.06. The van der Waals surface area contributed by atoms with Crippen LogP contribution < -0.4 is 11.0 Å². The van der Waals surface area contributed by atoms with Gasteiger partial charge in [-0.3, -0.25) is 0 Å². The lowest BCUT2D eigenvalue weighted by Crippen LogP contribution is -1.99. The Balaban J connectivity index is 2.01. The van der Waals surface area contributed by atoms with E-state index in [1.807, 2.05) is 6.07 Å². The summed E-state index contributed by atoms with van der Waals surface area (Å²) in [5.41, 5.74) is 2.40. The second kappa shape index (κ2) is 4.31. The average molecular weight is 251 g/mol. The Morgan fingerprint density at radius 2 is 2.05 bits per heavy atom. The van der Waals surface area contributed by atoms with E-state index in [4.69, 9.17) is 5.26 Å². The maximum Gasteiger partial charge on any atom is 0.323 e. The van der Waals surface area contributed by atoms with E-state index >= 15 is 0 Å². The summed E-state index contributed by atoms with van der Waals surface area (Å²) in [5.74, 6) is 0.488. The van der Waals surface area contributed by atoms with E-state index in [1.165, 1.54) is 0 Å². The van der Waals surface area contributed by atoms with Crippen molar-refractivity contribution in [2.24, 2.45) is 0 Å². The fourth-order valence-corrected chi connectivity index (χ4v) is 1.84. The van der Waals surface area contributed by atoms with Crippen molar-refractivity contribution in [3.8, 4) is 6.07 Å². The Kier molecular flexibility index (Phi) is 2.50. The maximum absolute atomic E-state index is 11.2. The quantitative estimate of drug-likeness (QED) is 0.647. The van der Waals surface area contributed by atoms with Crippen LogP contribution in [0.5, 0.6) is 0 Å². The van der Waals surface area contributed by atoms with Gasteiger partial charge < -0.3 is 15.3 Å². The van der Waals surface area contributed by atoms with Gasteiger partial charge in [0.15, 0.2) is 0 Å². The normalized spacial score (nSPS) is 10.3. The molecule has 0 aliphatic rings. The predicted molar refractivity (Wildman–Crippen MR) is 71.2 cm³/mol. The number of H-pyrrole nitrogens is 2. The van der Waals surface area contributed by atoms with E-state index in [1.54, 1.807) is 30.5 Å². The van der Waals surface area contributed by atoms with Gasteiger partial charge in [-0.1, -0.05) is 0 Å². The van der Waals surface area contributed by atoms with Crippen LogP contribution in [0.3, 0.4) is 0 Å². The lowest BCUT2D eigenvalue weighted by molar-refractivity contribution is 1.21. The minimum absolute atomic E-state index is 0.247. The molecule has 19 heavy (non-hydrogen) atoms. The summed E-state index contributed by atoms with van der Waals surface area (Å²) in [6.07, 6.45) is 1.61. The Morgan fingerprint density at radius 1 is 1.21 bits per heavy atom. The molecule has 0 aliphatic heterocycles. The molecule has 3 aromatic rings. The first-order valence-electron chi connectivity index (χ1n) is 5.60. The molecule has 0 saturated carbocycles. The van der Waals surface area contributed by atoms with Gasteiger partial charge in [-0.15, -0.1) is 0 Å². The Labute approximate surface area is 107 Å². The molecule has 6 heteroatoms. The number of rotatable bonds is 2. The highest BCUT2D eigenvalue weighted by atomic mass is 16.1.